The van der Waals surface area contributed by atoms with Crippen molar-refractivity contribution in [3.63, 3.8) is 0 Å². The molecule has 0 saturated carbocycles. The summed E-state index contributed by atoms with van der Waals surface area (Å²) in [5.74, 6) is -1.31. The van der Waals surface area contributed by atoms with Crippen LogP contribution in [0.25, 0.3) is 0 Å². The highest BCUT2D eigenvalue weighted by Gasteiger charge is 2.66. The summed E-state index contributed by atoms with van der Waals surface area (Å²) in [6.07, 6.45) is -0.794. The normalized spacial score (nSPS) is 22.7. The van der Waals surface area contributed by atoms with Crippen molar-refractivity contribution in [2.24, 2.45) is 5.92 Å². The van der Waals surface area contributed by atoms with Crippen LogP contribution in [0.3, 0.4) is 0 Å². The molecule has 3 aromatic carbocycles. The highest BCUT2D eigenvalue weighted by Crippen LogP contribution is 2.59. The minimum atomic E-state index is -3.00. The highest BCUT2D eigenvalue weighted by molar-refractivity contribution is 6.71. The molecule has 2 aliphatic heterocycles. The number of rotatable bonds is 9. The summed E-state index contributed by atoms with van der Waals surface area (Å²) in [6, 6.07) is 21.4. The van der Waals surface area contributed by atoms with Crippen LogP contribution in [0.1, 0.15) is 34.8 Å². The number of hydrogen-bond donors (Lipinski definition) is 4. The maximum atomic E-state index is 14.1. The fraction of sp³-hybridized carbons (Fsp3) is 0.364. The van der Waals surface area contributed by atoms with Gasteiger partial charge in [-0.15, -0.1) is 0 Å². The van der Waals surface area contributed by atoms with Crippen molar-refractivity contribution in [3.05, 3.63) is 89.5 Å². The van der Waals surface area contributed by atoms with Gasteiger partial charge in [0.05, 0.1) is 24.8 Å². The molecule has 11 heteroatoms. The summed E-state index contributed by atoms with van der Waals surface area (Å²) < 4.78 is 6.72. The quantitative estimate of drug-likeness (QED) is 0.212. The van der Waals surface area contributed by atoms with E-state index < -0.39 is 31.5 Å². The topological polar surface area (TPSA) is 145 Å². The molecule has 44 heavy (non-hydrogen) atoms. The van der Waals surface area contributed by atoms with E-state index in [1.54, 1.807) is 67.5 Å². The van der Waals surface area contributed by atoms with Gasteiger partial charge < -0.3 is 35.5 Å². The molecule has 232 valence electrons. The van der Waals surface area contributed by atoms with Gasteiger partial charge >= 0.3 is 0 Å². The number of nitrogens with zero attached hydrogens (tertiary/aromatic N) is 2. The number of aliphatic hydroxyl groups is 1. The second-order valence-corrected chi connectivity index (χ2v) is 16.2. The number of aliphatic hydroxyl groups excluding tert-OH is 1. The Morgan fingerprint density at radius 3 is 2.41 bits per heavy atom. The van der Waals surface area contributed by atoms with Crippen LogP contribution >= 0.6 is 0 Å². The Hall–Kier alpha value is -4.03. The van der Waals surface area contributed by atoms with Gasteiger partial charge in [0.1, 0.15) is 0 Å². The number of carbonyl (C=O) groups excluding carboxylic acids is 3. The lowest BCUT2D eigenvalue weighted by molar-refractivity contribution is -0.149. The van der Waals surface area contributed by atoms with Crippen molar-refractivity contribution in [1.82, 2.24) is 4.90 Å². The van der Waals surface area contributed by atoms with E-state index >= 15 is 0 Å². The van der Waals surface area contributed by atoms with Crippen LogP contribution in [0, 0.1) is 5.92 Å². The van der Waals surface area contributed by atoms with Crippen LogP contribution < -0.4 is 16.0 Å². The standard InChI is InChI=1S/C33H40N4O6Si/c1-21-30(44(3,4)42)28(19-29(39)37(16-17-38)20-22-8-6-5-7-9-22)43-33(21)26-18-25(14-15-27(26)36(2)32(33)41)35-31(40)23-10-12-24(34)13-11-23/h5-15,18,21,28,30,38,42H,16-17,19-20,34H2,1-4H3,(H,35,40)/t21-,28+,30-,33+/m0/s1. The monoisotopic (exact) mass is 616 g/mol. The van der Waals surface area contributed by atoms with E-state index in [0.717, 1.165) is 5.56 Å². The Balaban J connectivity index is 1.47. The summed E-state index contributed by atoms with van der Waals surface area (Å²) >= 11 is 0. The lowest BCUT2D eigenvalue weighted by Crippen LogP contribution is -2.45. The first-order valence-corrected chi connectivity index (χ1v) is 17.8. The number of carbonyl (C=O) groups is 3. The first kappa shape index (κ1) is 31.4. The number of nitrogens with one attached hydrogen (secondary N) is 1. The van der Waals surface area contributed by atoms with Crippen molar-refractivity contribution in [1.29, 1.82) is 0 Å². The zero-order valence-electron chi connectivity index (χ0n) is 25.5. The molecule has 10 nitrogen and oxygen atoms in total. The molecule has 4 atom stereocenters. The Morgan fingerprint density at radius 1 is 1.09 bits per heavy atom. The molecule has 5 N–H and O–H groups in total. The lowest BCUT2D eigenvalue weighted by atomic mass is 9.82. The Kier molecular flexibility index (Phi) is 8.68. The number of amides is 3. The summed E-state index contributed by atoms with van der Waals surface area (Å²) in [7, 11) is -1.32. The molecule has 0 radical (unpaired) electrons. The molecule has 1 fully saturated rings. The van der Waals surface area contributed by atoms with Gasteiger partial charge in [-0.2, -0.15) is 0 Å². The minimum absolute atomic E-state index is 0.0551. The lowest BCUT2D eigenvalue weighted by Gasteiger charge is -2.32. The third kappa shape index (κ3) is 5.75. The van der Waals surface area contributed by atoms with Crippen molar-refractivity contribution < 1.29 is 29.0 Å². The van der Waals surface area contributed by atoms with E-state index in [4.69, 9.17) is 10.5 Å². The Morgan fingerprint density at radius 2 is 1.77 bits per heavy atom. The number of nitrogen functional groups attached to an aromatic ring is 1. The van der Waals surface area contributed by atoms with E-state index in [1.807, 2.05) is 37.3 Å². The average Bonchev–Trinajstić information content (AvgIpc) is 3.39. The van der Waals surface area contributed by atoms with Crippen LogP contribution in [-0.2, 0) is 26.5 Å². The van der Waals surface area contributed by atoms with E-state index in [1.165, 1.54) is 4.90 Å². The number of fused-ring (bicyclic) bond motifs is 2. The molecule has 2 aliphatic rings. The number of ether oxygens (including phenoxy) is 1. The number of anilines is 3. The van der Waals surface area contributed by atoms with Crippen molar-refractivity contribution in [2.75, 3.05) is 36.1 Å². The predicted octanol–water partition coefficient (Wildman–Crippen LogP) is 3.71. The Labute approximate surface area is 258 Å². The van der Waals surface area contributed by atoms with E-state index in [9.17, 15) is 24.3 Å². The fourth-order valence-electron chi connectivity index (χ4n) is 6.82. The molecule has 0 unspecified atom stereocenters. The zero-order valence-corrected chi connectivity index (χ0v) is 26.5. The second-order valence-electron chi connectivity index (χ2n) is 12.3. The SMILES string of the molecule is C[C@H]1[C@H]([Si](C)(C)O)[C@@H](CC(=O)N(CCO)Cc2ccccc2)O[C@]12C(=O)N(C)c1ccc(NC(=O)c3ccc(N)cc3)cc12. The summed E-state index contributed by atoms with van der Waals surface area (Å²) in [4.78, 5) is 55.4. The van der Waals surface area contributed by atoms with Crippen LogP contribution in [0.15, 0.2) is 72.8 Å². The minimum Gasteiger partial charge on any atom is -0.432 e. The molecule has 2 heterocycles. The van der Waals surface area contributed by atoms with Crippen LogP contribution in [0.5, 0.6) is 0 Å². The average molecular weight is 617 g/mol. The largest absolute Gasteiger partial charge is 0.432 e. The number of hydrogen-bond acceptors (Lipinski definition) is 7. The first-order valence-electron chi connectivity index (χ1n) is 14.8. The summed E-state index contributed by atoms with van der Waals surface area (Å²) in [5.41, 5.74) is 7.48. The van der Waals surface area contributed by atoms with E-state index in [0.29, 0.717) is 34.7 Å². The summed E-state index contributed by atoms with van der Waals surface area (Å²) in [6.45, 7) is 5.77. The molecule has 1 spiro atoms. The smallest absolute Gasteiger partial charge is 0.264 e. The number of benzene rings is 3. The van der Waals surface area contributed by atoms with Crippen molar-refractivity contribution in [3.8, 4) is 0 Å². The predicted molar refractivity (Wildman–Crippen MR) is 171 cm³/mol. The molecule has 0 aromatic heterocycles. The molecule has 5 rings (SSSR count). The number of likely N-dealkylation sites (N-methyl/N-ethyl adjacent to an activating group) is 1. The van der Waals surface area contributed by atoms with E-state index in [-0.39, 0.29) is 37.3 Å². The van der Waals surface area contributed by atoms with Gasteiger partial charge in [0, 0.05) is 54.1 Å². The molecule has 3 amide bonds. The maximum Gasteiger partial charge on any atom is 0.264 e. The molecule has 0 bridgehead atoms. The van der Waals surface area contributed by atoms with Gasteiger partial charge in [0.15, 0.2) is 13.9 Å². The van der Waals surface area contributed by atoms with Gasteiger partial charge in [-0.3, -0.25) is 14.4 Å². The first-order chi connectivity index (χ1) is 20.9. The van der Waals surface area contributed by atoms with Crippen LogP contribution in [0.2, 0.25) is 18.6 Å². The number of nitrogens with two attached hydrogens (primary N) is 1. The zero-order chi connectivity index (χ0) is 31.8. The maximum absolute atomic E-state index is 14.1. The molecular weight excluding hydrogens is 576 g/mol. The second kappa shape index (κ2) is 12.2. The molecule has 0 aliphatic carbocycles. The van der Waals surface area contributed by atoms with Crippen LogP contribution in [-0.4, -0.2) is 67.1 Å². The van der Waals surface area contributed by atoms with Crippen LogP contribution in [0.4, 0.5) is 17.1 Å². The Bertz CT molecular complexity index is 1540. The van der Waals surface area contributed by atoms with Crippen molar-refractivity contribution >= 4 is 43.1 Å². The third-order valence-corrected chi connectivity index (χ3v) is 11.4. The van der Waals surface area contributed by atoms with Gasteiger partial charge in [0.2, 0.25) is 5.91 Å². The van der Waals surface area contributed by atoms with Crippen molar-refractivity contribution in [2.45, 2.75) is 50.2 Å². The van der Waals surface area contributed by atoms with Gasteiger partial charge in [-0.05, 0) is 61.1 Å². The molecular formula is C33H40N4O6Si. The van der Waals surface area contributed by atoms with E-state index in [2.05, 4.69) is 5.32 Å². The fourth-order valence-corrected chi connectivity index (χ4v) is 9.37. The third-order valence-electron chi connectivity index (χ3n) is 8.86. The highest BCUT2D eigenvalue weighted by atomic mass is 28.4. The van der Waals surface area contributed by atoms with Gasteiger partial charge in [-0.1, -0.05) is 37.3 Å². The van der Waals surface area contributed by atoms with Gasteiger partial charge in [0.25, 0.3) is 11.8 Å². The van der Waals surface area contributed by atoms with Gasteiger partial charge in [-0.25, -0.2) is 0 Å². The summed E-state index contributed by atoms with van der Waals surface area (Å²) in [5, 5.41) is 12.6. The molecule has 3 aromatic rings. The molecule has 1 saturated heterocycles.